The number of hydrogen-bond donors (Lipinski definition) is 1. The highest BCUT2D eigenvalue weighted by atomic mass is 35.5. The molecule has 0 aromatic carbocycles. The van der Waals surface area contributed by atoms with Gasteiger partial charge in [-0.15, -0.1) is 0 Å². The highest BCUT2D eigenvalue weighted by Crippen LogP contribution is 2.35. The number of rotatable bonds is 3. The Labute approximate surface area is 204 Å². The van der Waals surface area contributed by atoms with Crippen molar-refractivity contribution >= 4 is 29.0 Å². The summed E-state index contributed by atoms with van der Waals surface area (Å²) in [4.78, 5) is 25.7. The molecule has 2 N–H and O–H groups in total. The molecule has 35 heavy (non-hydrogen) atoms. The van der Waals surface area contributed by atoms with E-state index >= 15 is 0 Å². The first kappa shape index (κ1) is 23.8. The highest BCUT2D eigenvalue weighted by molar-refractivity contribution is 6.33. The highest BCUT2D eigenvalue weighted by Gasteiger charge is 2.35. The summed E-state index contributed by atoms with van der Waals surface area (Å²) >= 11 is 6.06. The van der Waals surface area contributed by atoms with Gasteiger partial charge in [0.05, 0.1) is 22.3 Å². The van der Waals surface area contributed by atoms with Crippen LogP contribution in [0.2, 0.25) is 5.02 Å². The number of carbonyl (C=O) groups is 1. The maximum absolute atomic E-state index is 13.3. The number of aryl methyl sites for hydroxylation is 1. The van der Waals surface area contributed by atoms with Crippen LogP contribution in [-0.4, -0.2) is 56.1 Å². The van der Waals surface area contributed by atoms with Crippen LogP contribution in [0.5, 0.6) is 0 Å². The summed E-state index contributed by atoms with van der Waals surface area (Å²) in [7, 11) is 0. The summed E-state index contributed by atoms with van der Waals surface area (Å²) in [6, 6.07) is 2.36. The molecule has 0 unspecified atom stereocenters. The van der Waals surface area contributed by atoms with Crippen LogP contribution < -0.4 is 10.6 Å². The van der Waals surface area contributed by atoms with E-state index < -0.39 is 17.6 Å². The van der Waals surface area contributed by atoms with E-state index in [0.29, 0.717) is 30.5 Å². The molecule has 0 radical (unpaired) electrons. The third-order valence-corrected chi connectivity index (χ3v) is 6.91. The van der Waals surface area contributed by atoms with E-state index in [-0.39, 0.29) is 22.8 Å². The first-order valence-electron chi connectivity index (χ1n) is 11.5. The molecule has 0 aliphatic carbocycles. The van der Waals surface area contributed by atoms with Crippen LogP contribution in [0.1, 0.15) is 59.0 Å². The van der Waals surface area contributed by atoms with E-state index in [1.54, 1.807) is 9.42 Å². The van der Waals surface area contributed by atoms with Gasteiger partial charge in [-0.05, 0) is 38.7 Å². The van der Waals surface area contributed by atoms with Crippen molar-refractivity contribution in [2.24, 2.45) is 5.73 Å². The van der Waals surface area contributed by atoms with Gasteiger partial charge in [-0.1, -0.05) is 11.6 Å². The number of hydrogen-bond acceptors (Lipinski definition) is 6. The fourth-order valence-corrected chi connectivity index (χ4v) is 5.10. The predicted molar refractivity (Wildman–Crippen MR) is 124 cm³/mol. The number of nitrogens with two attached hydrogens (primary N) is 1. The van der Waals surface area contributed by atoms with Crippen molar-refractivity contribution in [1.82, 2.24) is 24.5 Å². The number of piperidine rings is 1. The fourth-order valence-electron chi connectivity index (χ4n) is 4.85. The third-order valence-electron chi connectivity index (χ3n) is 6.62. The molecule has 5 heterocycles. The van der Waals surface area contributed by atoms with Crippen molar-refractivity contribution in [3.8, 4) is 0 Å². The van der Waals surface area contributed by atoms with E-state index in [0.717, 1.165) is 49.8 Å². The summed E-state index contributed by atoms with van der Waals surface area (Å²) in [5.74, 6) is 0.357. The van der Waals surface area contributed by atoms with Crippen molar-refractivity contribution in [3.63, 3.8) is 0 Å². The van der Waals surface area contributed by atoms with E-state index in [2.05, 4.69) is 15.0 Å². The average molecular weight is 508 g/mol. The minimum Gasteiger partial charge on any atom is -0.355 e. The topological polar surface area (TPSA) is 92.6 Å². The van der Waals surface area contributed by atoms with Crippen LogP contribution in [0.4, 0.5) is 19.0 Å². The van der Waals surface area contributed by atoms with Crippen molar-refractivity contribution < 1.29 is 18.0 Å². The molecule has 12 heteroatoms. The van der Waals surface area contributed by atoms with Gasteiger partial charge in [0.2, 0.25) is 0 Å². The van der Waals surface area contributed by atoms with Crippen molar-refractivity contribution in [1.29, 1.82) is 0 Å². The Morgan fingerprint density at radius 1 is 1.20 bits per heavy atom. The van der Waals surface area contributed by atoms with Gasteiger partial charge in [-0.2, -0.15) is 18.3 Å². The van der Waals surface area contributed by atoms with Gasteiger partial charge in [-0.25, -0.2) is 14.5 Å². The number of halogens is 4. The predicted octanol–water partition coefficient (Wildman–Crippen LogP) is 4.01. The summed E-state index contributed by atoms with van der Waals surface area (Å²) in [6.07, 6.45) is 1.20. The monoisotopic (exact) mass is 507 g/mol. The smallest absolute Gasteiger partial charge is 0.355 e. The SMILES string of the molecule is Cc1cn2nc([C@@H]3CCCCN3C(=O)c3ncc(C(F)(F)F)cc3Cl)cc2nc1N1CC[C@H](N)C1. The fraction of sp³-hybridized carbons (Fsp3) is 0.478. The Morgan fingerprint density at radius 3 is 2.69 bits per heavy atom. The Bertz CT molecular complexity index is 1280. The normalized spacial score (nSPS) is 21.2. The van der Waals surface area contributed by atoms with Gasteiger partial charge in [0.15, 0.2) is 5.65 Å². The van der Waals surface area contributed by atoms with Crippen molar-refractivity contribution in [3.05, 3.63) is 52.1 Å². The lowest BCUT2D eigenvalue weighted by molar-refractivity contribution is -0.137. The van der Waals surface area contributed by atoms with Crippen LogP contribution in [0.15, 0.2) is 24.5 Å². The Kier molecular flexibility index (Phi) is 6.08. The van der Waals surface area contributed by atoms with Gasteiger partial charge >= 0.3 is 6.18 Å². The zero-order chi connectivity index (χ0) is 24.9. The van der Waals surface area contributed by atoms with Gasteiger partial charge in [0, 0.05) is 49.7 Å². The Balaban J connectivity index is 1.45. The maximum Gasteiger partial charge on any atom is 0.417 e. The molecule has 2 aliphatic rings. The molecule has 3 aromatic heterocycles. The number of anilines is 1. The second-order valence-electron chi connectivity index (χ2n) is 9.18. The molecular formula is C23H25ClF3N7O. The molecule has 186 valence electrons. The molecule has 0 spiro atoms. The summed E-state index contributed by atoms with van der Waals surface area (Å²) < 4.78 is 40.7. The Morgan fingerprint density at radius 2 is 2.00 bits per heavy atom. The minimum atomic E-state index is -4.59. The molecule has 3 aromatic rings. The molecule has 0 saturated carbocycles. The molecule has 2 saturated heterocycles. The summed E-state index contributed by atoms with van der Waals surface area (Å²) in [5, 5.41) is 4.37. The number of aromatic nitrogens is 4. The van der Waals surface area contributed by atoms with E-state index in [1.165, 1.54) is 0 Å². The van der Waals surface area contributed by atoms with E-state index in [4.69, 9.17) is 22.3 Å². The third kappa shape index (κ3) is 4.54. The zero-order valence-electron chi connectivity index (χ0n) is 19.1. The van der Waals surface area contributed by atoms with E-state index in [1.807, 2.05) is 19.2 Å². The van der Waals surface area contributed by atoms with Gasteiger partial charge in [0.1, 0.15) is 11.5 Å². The van der Waals surface area contributed by atoms with Crippen LogP contribution >= 0.6 is 11.6 Å². The molecular weight excluding hydrogens is 483 g/mol. The zero-order valence-corrected chi connectivity index (χ0v) is 19.9. The van der Waals surface area contributed by atoms with Crippen LogP contribution in [0.3, 0.4) is 0 Å². The first-order chi connectivity index (χ1) is 16.6. The number of alkyl halides is 3. The largest absolute Gasteiger partial charge is 0.417 e. The number of fused-ring (bicyclic) bond motifs is 1. The number of likely N-dealkylation sites (tertiary alicyclic amines) is 1. The maximum atomic E-state index is 13.3. The van der Waals surface area contributed by atoms with Crippen molar-refractivity contribution in [2.75, 3.05) is 24.5 Å². The molecule has 2 atom stereocenters. The van der Waals surface area contributed by atoms with Crippen molar-refractivity contribution in [2.45, 2.75) is 50.9 Å². The number of amides is 1. The number of carbonyl (C=O) groups excluding carboxylic acids is 1. The number of nitrogens with zero attached hydrogens (tertiary/aromatic N) is 6. The molecule has 8 nitrogen and oxygen atoms in total. The standard InChI is InChI=1S/C23H25ClF3N7O/c1-13-11-34-19(30-21(13)32-7-5-15(28)12-32)9-17(31-34)18-4-2-3-6-33(18)22(35)20-16(24)8-14(10-29-20)23(25,26)27/h8-11,15,18H,2-7,12,28H2,1H3/t15-,18-/m0/s1. The van der Waals surface area contributed by atoms with Crippen LogP contribution in [-0.2, 0) is 6.18 Å². The van der Waals surface area contributed by atoms with Gasteiger partial charge in [0.25, 0.3) is 5.91 Å². The molecule has 0 bridgehead atoms. The quantitative estimate of drug-likeness (QED) is 0.576. The lowest BCUT2D eigenvalue weighted by Gasteiger charge is -2.34. The lowest BCUT2D eigenvalue weighted by atomic mass is 9.99. The summed E-state index contributed by atoms with van der Waals surface area (Å²) in [6.45, 7) is 4.00. The minimum absolute atomic E-state index is 0.125. The molecule has 1 amide bonds. The summed E-state index contributed by atoms with van der Waals surface area (Å²) in [5.41, 5.74) is 7.17. The van der Waals surface area contributed by atoms with Gasteiger partial charge in [-0.3, -0.25) is 4.79 Å². The van der Waals surface area contributed by atoms with Crippen LogP contribution in [0.25, 0.3) is 5.65 Å². The lowest BCUT2D eigenvalue weighted by Crippen LogP contribution is -2.39. The van der Waals surface area contributed by atoms with E-state index in [9.17, 15) is 18.0 Å². The average Bonchev–Trinajstić information content (AvgIpc) is 3.43. The second kappa shape index (κ2) is 8.94. The first-order valence-corrected chi connectivity index (χ1v) is 11.9. The van der Waals surface area contributed by atoms with Crippen LogP contribution in [0, 0.1) is 6.92 Å². The molecule has 2 fully saturated rings. The Hall–Kier alpha value is -2.92. The number of pyridine rings is 1. The van der Waals surface area contributed by atoms with Gasteiger partial charge < -0.3 is 15.5 Å². The molecule has 2 aliphatic heterocycles. The molecule has 5 rings (SSSR count). The second-order valence-corrected chi connectivity index (χ2v) is 9.58.